The van der Waals surface area contributed by atoms with Crippen molar-refractivity contribution < 1.29 is 9.47 Å². The van der Waals surface area contributed by atoms with Crippen molar-refractivity contribution in [2.24, 2.45) is 0 Å². The summed E-state index contributed by atoms with van der Waals surface area (Å²) in [4.78, 5) is 0. The van der Waals surface area contributed by atoms with Crippen LogP contribution in [0.3, 0.4) is 0 Å². The summed E-state index contributed by atoms with van der Waals surface area (Å²) >= 11 is 0. The number of ether oxygens (including phenoxy) is 2. The molecule has 0 fully saturated rings. The summed E-state index contributed by atoms with van der Waals surface area (Å²) in [5, 5.41) is 7.50. The highest BCUT2D eigenvalue weighted by Gasteiger charge is 2.10. The van der Waals surface area contributed by atoms with Crippen molar-refractivity contribution in [3.63, 3.8) is 0 Å². The summed E-state index contributed by atoms with van der Waals surface area (Å²) in [6, 6.07) is 0. The van der Waals surface area contributed by atoms with Crippen LogP contribution in [0.15, 0.2) is 12.4 Å². The van der Waals surface area contributed by atoms with Gasteiger partial charge in [-0.05, 0) is 19.9 Å². The Labute approximate surface area is 103 Å². The van der Waals surface area contributed by atoms with Crippen molar-refractivity contribution in [3.05, 3.63) is 12.4 Å². The lowest BCUT2D eigenvalue weighted by molar-refractivity contribution is 0.0807. The van der Waals surface area contributed by atoms with Crippen molar-refractivity contribution in [2.75, 3.05) is 26.8 Å². The highest BCUT2D eigenvalue weighted by atomic mass is 16.5. The molecule has 0 aliphatic carbocycles. The van der Waals surface area contributed by atoms with Crippen LogP contribution in [-0.2, 0) is 11.3 Å². The topological polar surface area (TPSA) is 48.3 Å². The predicted molar refractivity (Wildman–Crippen MR) is 67.4 cm³/mol. The van der Waals surface area contributed by atoms with Crippen LogP contribution in [0.2, 0.25) is 0 Å². The van der Waals surface area contributed by atoms with Crippen LogP contribution in [0.5, 0.6) is 5.75 Å². The fourth-order valence-corrected chi connectivity index (χ4v) is 1.53. The number of nitrogens with one attached hydrogen (secondary N) is 1. The highest BCUT2D eigenvalue weighted by Crippen LogP contribution is 2.10. The Bertz CT molecular complexity index is 302. The van der Waals surface area contributed by atoms with Crippen molar-refractivity contribution in [1.29, 1.82) is 0 Å². The van der Waals surface area contributed by atoms with Crippen molar-refractivity contribution in [1.82, 2.24) is 15.1 Å². The molecule has 1 unspecified atom stereocenters. The van der Waals surface area contributed by atoms with Crippen LogP contribution in [-0.4, -0.2) is 42.7 Å². The Hall–Kier alpha value is -1.07. The number of aryl methyl sites for hydroxylation is 1. The van der Waals surface area contributed by atoms with Gasteiger partial charge in [0.25, 0.3) is 0 Å². The summed E-state index contributed by atoms with van der Waals surface area (Å²) < 4.78 is 12.8. The molecular weight excluding hydrogens is 218 g/mol. The second-order valence-electron chi connectivity index (χ2n) is 3.93. The Morgan fingerprint density at radius 3 is 2.88 bits per heavy atom. The van der Waals surface area contributed by atoms with Gasteiger partial charge in [-0.1, -0.05) is 6.92 Å². The average Bonchev–Trinajstić information content (AvgIpc) is 2.77. The molecule has 5 heteroatoms. The zero-order chi connectivity index (χ0) is 12.5. The first-order valence-corrected chi connectivity index (χ1v) is 6.18. The fourth-order valence-electron chi connectivity index (χ4n) is 1.53. The van der Waals surface area contributed by atoms with Gasteiger partial charge in [0.05, 0.1) is 19.0 Å². The molecule has 1 aromatic heterocycles. The SMILES string of the molecule is CCCNCC(COC)Oc1cnn(CC)c1. The lowest BCUT2D eigenvalue weighted by Crippen LogP contribution is -2.35. The van der Waals surface area contributed by atoms with Gasteiger partial charge in [0.2, 0.25) is 0 Å². The van der Waals surface area contributed by atoms with Crippen molar-refractivity contribution in [2.45, 2.75) is 32.9 Å². The van der Waals surface area contributed by atoms with E-state index in [-0.39, 0.29) is 6.10 Å². The van der Waals surface area contributed by atoms with E-state index in [4.69, 9.17) is 9.47 Å². The standard InChI is InChI=1S/C12H23N3O2/c1-4-6-13-7-12(10-16-3)17-11-8-14-15(5-2)9-11/h8-9,12-13H,4-7,10H2,1-3H3. The Kier molecular flexibility index (Phi) is 6.65. The maximum absolute atomic E-state index is 5.81. The number of rotatable bonds is 9. The molecule has 0 aliphatic heterocycles. The predicted octanol–water partition coefficient (Wildman–Crippen LogP) is 1.30. The molecule has 0 saturated heterocycles. The maximum atomic E-state index is 5.81. The second-order valence-corrected chi connectivity index (χ2v) is 3.93. The van der Waals surface area contributed by atoms with E-state index in [1.54, 1.807) is 13.3 Å². The molecular formula is C12H23N3O2. The summed E-state index contributed by atoms with van der Waals surface area (Å²) in [5.41, 5.74) is 0. The van der Waals surface area contributed by atoms with E-state index in [1.807, 2.05) is 17.8 Å². The van der Waals surface area contributed by atoms with E-state index < -0.39 is 0 Å². The summed E-state index contributed by atoms with van der Waals surface area (Å²) in [6.07, 6.45) is 4.79. The van der Waals surface area contributed by atoms with Gasteiger partial charge in [0.1, 0.15) is 6.10 Å². The largest absolute Gasteiger partial charge is 0.483 e. The Morgan fingerprint density at radius 2 is 2.29 bits per heavy atom. The zero-order valence-electron chi connectivity index (χ0n) is 11.0. The summed E-state index contributed by atoms with van der Waals surface area (Å²) in [7, 11) is 1.69. The molecule has 1 heterocycles. The molecule has 0 aliphatic rings. The molecule has 0 radical (unpaired) electrons. The number of methoxy groups -OCH3 is 1. The number of aromatic nitrogens is 2. The van der Waals surface area contributed by atoms with Crippen LogP contribution in [0.1, 0.15) is 20.3 Å². The monoisotopic (exact) mass is 241 g/mol. The first-order valence-electron chi connectivity index (χ1n) is 6.18. The molecule has 0 spiro atoms. The normalized spacial score (nSPS) is 12.6. The number of hydrogen-bond donors (Lipinski definition) is 1. The fraction of sp³-hybridized carbons (Fsp3) is 0.750. The average molecular weight is 241 g/mol. The molecule has 0 saturated carbocycles. The van der Waals surface area contributed by atoms with E-state index in [9.17, 15) is 0 Å². The van der Waals surface area contributed by atoms with E-state index in [2.05, 4.69) is 17.3 Å². The lowest BCUT2D eigenvalue weighted by atomic mass is 10.3. The summed E-state index contributed by atoms with van der Waals surface area (Å²) in [5.74, 6) is 0.798. The molecule has 0 bridgehead atoms. The van der Waals surface area contributed by atoms with E-state index in [0.29, 0.717) is 6.61 Å². The van der Waals surface area contributed by atoms with Gasteiger partial charge in [-0.15, -0.1) is 0 Å². The van der Waals surface area contributed by atoms with E-state index in [0.717, 1.165) is 31.8 Å². The molecule has 5 nitrogen and oxygen atoms in total. The van der Waals surface area contributed by atoms with Crippen LogP contribution in [0.25, 0.3) is 0 Å². The van der Waals surface area contributed by atoms with Gasteiger partial charge >= 0.3 is 0 Å². The molecule has 17 heavy (non-hydrogen) atoms. The zero-order valence-corrected chi connectivity index (χ0v) is 11.0. The number of hydrogen-bond acceptors (Lipinski definition) is 4. The minimum Gasteiger partial charge on any atom is -0.483 e. The van der Waals surface area contributed by atoms with Gasteiger partial charge in [-0.2, -0.15) is 5.10 Å². The molecule has 1 atom stereocenters. The van der Waals surface area contributed by atoms with Crippen molar-refractivity contribution in [3.8, 4) is 5.75 Å². The molecule has 1 rings (SSSR count). The van der Waals surface area contributed by atoms with Gasteiger partial charge in [0.15, 0.2) is 5.75 Å². The Morgan fingerprint density at radius 1 is 1.47 bits per heavy atom. The first kappa shape index (κ1) is 14.0. The minimum atomic E-state index is 0.0288. The molecule has 1 N–H and O–H groups in total. The van der Waals surface area contributed by atoms with Crippen LogP contribution in [0, 0.1) is 0 Å². The molecule has 98 valence electrons. The van der Waals surface area contributed by atoms with E-state index >= 15 is 0 Å². The van der Waals surface area contributed by atoms with Gasteiger partial charge in [-0.25, -0.2) is 0 Å². The second kappa shape index (κ2) is 8.08. The van der Waals surface area contributed by atoms with Crippen LogP contribution in [0.4, 0.5) is 0 Å². The lowest BCUT2D eigenvalue weighted by Gasteiger charge is -2.17. The third-order valence-corrected chi connectivity index (χ3v) is 2.39. The number of nitrogens with zero attached hydrogens (tertiary/aromatic N) is 2. The van der Waals surface area contributed by atoms with Crippen molar-refractivity contribution >= 4 is 0 Å². The maximum Gasteiger partial charge on any atom is 0.157 e. The molecule has 0 aromatic carbocycles. The van der Waals surface area contributed by atoms with Gasteiger partial charge < -0.3 is 14.8 Å². The molecule has 0 amide bonds. The highest BCUT2D eigenvalue weighted by molar-refractivity contribution is 5.12. The van der Waals surface area contributed by atoms with Gasteiger partial charge in [-0.3, -0.25) is 4.68 Å². The quantitative estimate of drug-likeness (QED) is 0.662. The van der Waals surface area contributed by atoms with E-state index in [1.165, 1.54) is 0 Å². The third-order valence-electron chi connectivity index (χ3n) is 2.39. The molecule has 1 aromatic rings. The van der Waals surface area contributed by atoms with Gasteiger partial charge in [0, 0.05) is 20.2 Å². The van der Waals surface area contributed by atoms with Crippen LogP contribution >= 0.6 is 0 Å². The Balaban J connectivity index is 2.41. The third kappa shape index (κ3) is 5.19. The minimum absolute atomic E-state index is 0.0288. The summed E-state index contributed by atoms with van der Waals surface area (Å²) in [6.45, 7) is 7.41. The van der Waals surface area contributed by atoms with Crippen LogP contribution < -0.4 is 10.1 Å². The smallest absolute Gasteiger partial charge is 0.157 e. The first-order chi connectivity index (χ1) is 8.30.